The molecule has 1 atom stereocenters. The van der Waals surface area contributed by atoms with E-state index in [4.69, 9.17) is 4.74 Å². The van der Waals surface area contributed by atoms with Gasteiger partial charge in [-0.05, 0) is 38.1 Å². The molecule has 1 heterocycles. The first-order valence-electron chi connectivity index (χ1n) is 8.45. The first-order chi connectivity index (χ1) is 12.9. The molecule has 1 unspecified atom stereocenters. The highest BCUT2D eigenvalue weighted by atomic mass is 79.9. The van der Waals surface area contributed by atoms with Gasteiger partial charge in [0, 0.05) is 28.1 Å². The number of nitrogens with one attached hydrogen (secondary N) is 1. The summed E-state index contributed by atoms with van der Waals surface area (Å²) < 4.78 is 21.7. The molecule has 0 radical (unpaired) electrons. The molecular formula is C20H18BrFN2O3. The summed E-state index contributed by atoms with van der Waals surface area (Å²) in [5.74, 6) is -1.79. The second kappa shape index (κ2) is 7.92. The molecule has 1 amide bonds. The standard InChI is InChI=1S/C20H18BrFN2O3/c1-3-24-11-15(14-6-4-5-7-18(14)24)20(26)27-12(2)19(25)23-17-9-8-13(21)10-16(17)22/h4-12H,3H2,1-2H3,(H,23,25). The van der Waals surface area contributed by atoms with Gasteiger partial charge in [0.25, 0.3) is 5.91 Å². The van der Waals surface area contributed by atoms with Crippen molar-refractivity contribution in [2.45, 2.75) is 26.5 Å². The molecule has 1 N–H and O–H groups in total. The number of aryl methyl sites for hydroxylation is 1. The topological polar surface area (TPSA) is 60.3 Å². The zero-order chi connectivity index (χ0) is 19.6. The van der Waals surface area contributed by atoms with Crippen molar-refractivity contribution in [3.63, 3.8) is 0 Å². The normalized spacial score (nSPS) is 12.0. The Labute approximate surface area is 164 Å². The van der Waals surface area contributed by atoms with Gasteiger partial charge in [0.1, 0.15) is 5.82 Å². The summed E-state index contributed by atoms with van der Waals surface area (Å²) >= 11 is 3.15. The summed E-state index contributed by atoms with van der Waals surface area (Å²) in [5.41, 5.74) is 1.33. The van der Waals surface area contributed by atoms with E-state index in [0.717, 1.165) is 10.9 Å². The lowest BCUT2D eigenvalue weighted by molar-refractivity contribution is -0.123. The summed E-state index contributed by atoms with van der Waals surface area (Å²) in [7, 11) is 0. The van der Waals surface area contributed by atoms with Crippen LogP contribution in [-0.4, -0.2) is 22.5 Å². The second-order valence-corrected chi connectivity index (χ2v) is 6.92. The number of hydrogen-bond donors (Lipinski definition) is 1. The van der Waals surface area contributed by atoms with Crippen LogP contribution >= 0.6 is 15.9 Å². The smallest absolute Gasteiger partial charge is 0.341 e. The highest BCUT2D eigenvalue weighted by Crippen LogP contribution is 2.23. The van der Waals surface area contributed by atoms with Crippen LogP contribution < -0.4 is 5.32 Å². The molecular weight excluding hydrogens is 415 g/mol. The van der Waals surface area contributed by atoms with Crippen LogP contribution in [-0.2, 0) is 16.1 Å². The first-order valence-corrected chi connectivity index (χ1v) is 9.24. The molecule has 0 aliphatic carbocycles. The Hall–Kier alpha value is -2.67. The van der Waals surface area contributed by atoms with Crippen molar-refractivity contribution in [2.24, 2.45) is 0 Å². The van der Waals surface area contributed by atoms with Gasteiger partial charge in [0.05, 0.1) is 11.3 Å². The fourth-order valence-electron chi connectivity index (χ4n) is 2.77. The van der Waals surface area contributed by atoms with Gasteiger partial charge in [0.2, 0.25) is 0 Å². The average Bonchev–Trinajstić information content (AvgIpc) is 3.03. The molecule has 27 heavy (non-hydrogen) atoms. The lowest BCUT2D eigenvalue weighted by Crippen LogP contribution is -2.30. The first kappa shape index (κ1) is 19.1. The van der Waals surface area contributed by atoms with Crippen LogP contribution in [0.4, 0.5) is 10.1 Å². The van der Waals surface area contributed by atoms with Gasteiger partial charge in [-0.25, -0.2) is 9.18 Å². The summed E-state index contributed by atoms with van der Waals surface area (Å²) in [6.45, 7) is 4.13. The number of para-hydroxylation sites is 1. The molecule has 2 aromatic carbocycles. The Bertz CT molecular complexity index is 1020. The van der Waals surface area contributed by atoms with Crippen LogP contribution in [0, 0.1) is 5.82 Å². The number of aromatic nitrogens is 1. The molecule has 140 valence electrons. The largest absolute Gasteiger partial charge is 0.449 e. The predicted molar refractivity (Wildman–Crippen MR) is 105 cm³/mol. The maximum Gasteiger partial charge on any atom is 0.341 e. The van der Waals surface area contributed by atoms with Gasteiger partial charge < -0.3 is 14.6 Å². The number of ether oxygens (including phenoxy) is 1. The molecule has 7 heteroatoms. The molecule has 0 bridgehead atoms. The van der Waals surface area contributed by atoms with Crippen LogP contribution in [0.15, 0.2) is 53.1 Å². The van der Waals surface area contributed by atoms with Crippen LogP contribution in [0.3, 0.4) is 0 Å². The molecule has 0 saturated carbocycles. The second-order valence-electron chi connectivity index (χ2n) is 6.01. The Kier molecular flexibility index (Phi) is 5.60. The summed E-state index contributed by atoms with van der Waals surface area (Å²) in [4.78, 5) is 24.8. The number of esters is 1. The minimum absolute atomic E-state index is 0.0219. The van der Waals surface area contributed by atoms with E-state index in [0.29, 0.717) is 16.6 Å². The van der Waals surface area contributed by atoms with Crippen molar-refractivity contribution < 1.29 is 18.7 Å². The predicted octanol–water partition coefficient (Wildman–Crippen LogP) is 4.75. The quantitative estimate of drug-likeness (QED) is 0.591. The van der Waals surface area contributed by atoms with Crippen molar-refractivity contribution >= 4 is 44.4 Å². The number of hydrogen-bond acceptors (Lipinski definition) is 3. The molecule has 3 aromatic rings. The van der Waals surface area contributed by atoms with E-state index in [-0.39, 0.29) is 5.69 Å². The van der Waals surface area contributed by atoms with Crippen molar-refractivity contribution in [2.75, 3.05) is 5.32 Å². The zero-order valence-electron chi connectivity index (χ0n) is 14.8. The van der Waals surface area contributed by atoms with Gasteiger partial charge in [0.15, 0.2) is 6.10 Å². The molecule has 0 spiro atoms. The van der Waals surface area contributed by atoms with E-state index in [1.807, 2.05) is 35.8 Å². The third-order valence-electron chi connectivity index (χ3n) is 4.19. The SMILES string of the molecule is CCn1cc(C(=O)OC(C)C(=O)Nc2ccc(Br)cc2F)c2ccccc21. The van der Waals surface area contributed by atoms with Gasteiger partial charge in [-0.1, -0.05) is 34.1 Å². The fraction of sp³-hybridized carbons (Fsp3) is 0.200. The van der Waals surface area contributed by atoms with Crippen molar-refractivity contribution in [1.29, 1.82) is 0 Å². The number of amides is 1. The number of nitrogens with zero attached hydrogens (tertiary/aromatic N) is 1. The van der Waals surface area contributed by atoms with Crippen molar-refractivity contribution in [1.82, 2.24) is 4.57 Å². The summed E-state index contributed by atoms with van der Waals surface area (Å²) in [5, 5.41) is 3.19. The van der Waals surface area contributed by atoms with E-state index >= 15 is 0 Å². The van der Waals surface area contributed by atoms with Gasteiger partial charge in [-0.2, -0.15) is 0 Å². The molecule has 0 fully saturated rings. The van der Waals surface area contributed by atoms with Crippen molar-refractivity contribution in [3.05, 3.63) is 64.5 Å². The highest BCUT2D eigenvalue weighted by Gasteiger charge is 2.22. The number of fused-ring (bicyclic) bond motifs is 1. The Balaban J connectivity index is 1.75. The van der Waals surface area contributed by atoms with Crippen LogP contribution in [0.25, 0.3) is 10.9 Å². The zero-order valence-corrected chi connectivity index (χ0v) is 16.4. The number of carbonyl (C=O) groups is 2. The van der Waals surface area contributed by atoms with Gasteiger partial charge in [-0.15, -0.1) is 0 Å². The van der Waals surface area contributed by atoms with E-state index in [1.54, 1.807) is 12.3 Å². The minimum Gasteiger partial charge on any atom is -0.449 e. The van der Waals surface area contributed by atoms with E-state index in [9.17, 15) is 14.0 Å². The van der Waals surface area contributed by atoms with Gasteiger partial charge >= 0.3 is 5.97 Å². The van der Waals surface area contributed by atoms with Crippen molar-refractivity contribution in [3.8, 4) is 0 Å². The molecule has 0 aliphatic heterocycles. The monoisotopic (exact) mass is 432 g/mol. The Morgan fingerprint density at radius 2 is 2.00 bits per heavy atom. The Morgan fingerprint density at radius 1 is 1.26 bits per heavy atom. The molecule has 5 nitrogen and oxygen atoms in total. The number of benzene rings is 2. The molecule has 3 rings (SSSR count). The maximum atomic E-state index is 13.9. The highest BCUT2D eigenvalue weighted by molar-refractivity contribution is 9.10. The van der Waals surface area contributed by atoms with E-state index in [2.05, 4.69) is 21.2 Å². The molecule has 1 aromatic heterocycles. The van der Waals surface area contributed by atoms with Crippen LogP contribution in [0.5, 0.6) is 0 Å². The lowest BCUT2D eigenvalue weighted by atomic mass is 10.2. The number of anilines is 1. The number of halogens is 2. The lowest BCUT2D eigenvalue weighted by Gasteiger charge is -2.14. The van der Waals surface area contributed by atoms with E-state index in [1.165, 1.54) is 19.1 Å². The summed E-state index contributed by atoms with van der Waals surface area (Å²) in [6, 6.07) is 11.8. The van der Waals surface area contributed by atoms with Crippen LogP contribution in [0.1, 0.15) is 24.2 Å². The minimum atomic E-state index is -1.08. The van der Waals surface area contributed by atoms with Gasteiger partial charge in [-0.3, -0.25) is 4.79 Å². The third kappa shape index (κ3) is 4.03. The van der Waals surface area contributed by atoms with E-state index < -0.39 is 23.8 Å². The maximum absolute atomic E-state index is 13.9. The molecule has 0 aliphatic rings. The average molecular weight is 433 g/mol. The number of rotatable bonds is 5. The Morgan fingerprint density at radius 3 is 2.70 bits per heavy atom. The number of carbonyl (C=O) groups excluding carboxylic acids is 2. The molecule has 0 saturated heterocycles. The third-order valence-corrected chi connectivity index (χ3v) is 4.68. The van der Waals surface area contributed by atoms with Crippen LogP contribution in [0.2, 0.25) is 0 Å². The summed E-state index contributed by atoms with van der Waals surface area (Å²) in [6.07, 6.45) is 0.635. The fourth-order valence-corrected chi connectivity index (χ4v) is 3.11.